The highest BCUT2D eigenvalue weighted by Crippen LogP contribution is 2.15. The van der Waals surface area contributed by atoms with Crippen molar-refractivity contribution < 1.29 is 5.11 Å². The quantitative estimate of drug-likeness (QED) is 0.532. The Labute approximate surface area is 102 Å². The predicted molar refractivity (Wildman–Crippen MR) is 71.8 cm³/mol. The summed E-state index contributed by atoms with van der Waals surface area (Å²) < 4.78 is 0. The molecule has 0 aliphatic heterocycles. The van der Waals surface area contributed by atoms with E-state index in [1.54, 1.807) is 0 Å². The van der Waals surface area contributed by atoms with Crippen LogP contribution >= 0.6 is 0 Å². The highest BCUT2D eigenvalue weighted by Gasteiger charge is 2.17. The van der Waals surface area contributed by atoms with Gasteiger partial charge >= 0.3 is 0 Å². The van der Waals surface area contributed by atoms with Crippen molar-refractivity contribution in [3.63, 3.8) is 0 Å². The van der Waals surface area contributed by atoms with Gasteiger partial charge in [0.15, 0.2) is 0 Å². The molecule has 1 unspecified atom stereocenters. The summed E-state index contributed by atoms with van der Waals surface area (Å²) in [6, 6.07) is 0. The fourth-order valence-electron chi connectivity index (χ4n) is 2.11. The van der Waals surface area contributed by atoms with Crippen LogP contribution in [0, 0.1) is 0 Å². The van der Waals surface area contributed by atoms with Gasteiger partial charge in [0.2, 0.25) is 0 Å². The van der Waals surface area contributed by atoms with Crippen molar-refractivity contribution in [2.75, 3.05) is 13.6 Å². The van der Waals surface area contributed by atoms with E-state index in [0.29, 0.717) is 6.54 Å². The lowest BCUT2D eigenvalue weighted by molar-refractivity contribution is 0.0500. The monoisotopic (exact) mass is 229 g/mol. The summed E-state index contributed by atoms with van der Waals surface area (Å²) in [4.78, 5) is 0. The number of unbranched alkanes of at least 4 members (excludes halogenated alkanes) is 7. The van der Waals surface area contributed by atoms with Crippen molar-refractivity contribution in [1.29, 1.82) is 0 Å². The summed E-state index contributed by atoms with van der Waals surface area (Å²) in [6.45, 7) is 4.87. The third kappa shape index (κ3) is 10.4. The summed E-state index contributed by atoms with van der Waals surface area (Å²) in [6.07, 6.45) is 11.5. The van der Waals surface area contributed by atoms with Crippen molar-refractivity contribution in [3.05, 3.63) is 0 Å². The lowest BCUT2D eigenvalue weighted by Gasteiger charge is -2.22. The minimum atomic E-state index is -0.517. The van der Waals surface area contributed by atoms with Crippen LogP contribution in [0.5, 0.6) is 0 Å². The maximum absolute atomic E-state index is 9.92. The van der Waals surface area contributed by atoms with Gasteiger partial charge in [0, 0.05) is 6.54 Å². The van der Waals surface area contributed by atoms with Gasteiger partial charge in [-0.25, -0.2) is 0 Å². The molecular formula is C14H31NO. The van der Waals surface area contributed by atoms with E-state index in [1.165, 1.54) is 44.9 Å². The largest absolute Gasteiger partial charge is 0.389 e. The van der Waals surface area contributed by atoms with Gasteiger partial charge in [0.1, 0.15) is 0 Å². The highest BCUT2D eigenvalue weighted by molar-refractivity contribution is 4.74. The van der Waals surface area contributed by atoms with E-state index in [4.69, 9.17) is 0 Å². The second-order valence-corrected chi connectivity index (χ2v) is 5.25. The van der Waals surface area contributed by atoms with Crippen LogP contribution in [0.4, 0.5) is 0 Å². The second-order valence-electron chi connectivity index (χ2n) is 5.25. The molecule has 0 spiro atoms. The maximum atomic E-state index is 9.92. The Morgan fingerprint density at radius 3 is 1.94 bits per heavy atom. The Hall–Kier alpha value is -0.0800. The standard InChI is InChI=1S/C14H31NO/c1-4-5-6-7-8-9-10-11-12-14(2,16)13-15-3/h15-16H,4-13H2,1-3H3. The third-order valence-electron chi connectivity index (χ3n) is 3.13. The van der Waals surface area contributed by atoms with E-state index in [9.17, 15) is 5.11 Å². The lowest BCUT2D eigenvalue weighted by atomic mass is 9.97. The number of hydrogen-bond donors (Lipinski definition) is 2. The molecule has 0 amide bonds. The topological polar surface area (TPSA) is 32.3 Å². The molecule has 0 radical (unpaired) electrons. The average molecular weight is 229 g/mol. The molecule has 0 aromatic rings. The van der Waals surface area contributed by atoms with Crippen LogP contribution < -0.4 is 5.32 Å². The van der Waals surface area contributed by atoms with Crippen LogP contribution in [0.1, 0.15) is 71.6 Å². The molecule has 0 fully saturated rings. The van der Waals surface area contributed by atoms with Gasteiger partial charge in [-0.1, -0.05) is 58.3 Å². The number of rotatable bonds is 11. The fraction of sp³-hybridized carbons (Fsp3) is 1.00. The van der Waals surface area contributed by atoms with E-state index in [1.807, 2.05) is 14.0 Å². The molecule has 0 aromatic carbocycles. The summed E-state index contributed by atoms with van der Waals surface area (Å²) in [7, 11) is 1.89. The van der Waals surface area contributed by atoms with Crippen LogP contribution in [-0.4, -0.2) is 24.3 Å². The number of likely N-dealkylation sites (N-methyl/N-ethyl adjacent to an activating group) is 1. The molecule has 0 bridgehead atoms. The molecule has 0 saturated heterocycles. The zero-order chi connectivity index (χ0) is 12.3. The van der Waals surface area contributed by atoms with Gasteiger partial charge in [-0.05, 0) is 20.4 Å². The zero-order valence-electron chi connectivity index (χ0n) is 11.5. The van der Waals surface area contributed by atoms with Crippen LogP contribution in [0.15, 0.2) is 0 Å². The van der Waals surface area contributed by atoms with E-state index in [0.717, 1.165) is 12.8 Å². The molecule has 2 heteroatoms. The van der Waals surface area contributed by atoms with Gasteiger partial charge in [-0.2, -0.15) is 0 Å². The van der Waals surface area contributed by atoms with Gasteiger partial charge in [-0.3, -0.25) is 0 Å². The maximum Gasteiger partial charge on any atom is 0.0743 e. The van der Waals surface area contributed by atoms with Crippen molar-refractivity contribution >= 4 is 0 Å². The van der Waals surface area contributed by atoms with Crippen LogP contribution in [0.3, 0.4) is 0 Å². The average Bonchev–Trinajstić information content (AvgIpc) is 2.22. The fourth-order valence-corrected chi connectivity index (χ4v) is 2.11. The number of aliphatic hydroxyl groups is 1. The number of nitrogens with one attached hydrogen (secondary N) is 1. The normalized spacial score (nSPS) is 15.0. The van der Waals surface area contributed by atoms with Crippen LogP contribution in [0.2, 0.25) is 0 Å². The summed E-state index contributed by atoms with van der Waals surface area (Å²) in [5.41, 5.74) is -0.517. The molecule has 0 heterocycles. The first-order chi connectivity index (χ1) is 7.62. The smallest absolute Gasteiger partial charge is 0.0743 e. The molecule has 2 N–H and O–H groups in total. The predicted octanol–water partition coefficient (Wildman–Crippen LogP) is 3.49. The highest BCUT2D eigenvalue weighted by atomic mass is 16.3. The summed E-state index contributed by atoms with van der Waals surface area (Å²) in [5.74, 6) is 0. The first-order valence-electron chi connectivity index (χ1n) is 6.99. The van der Waals surface area contributed by atoms with Crippen LogP contribution in [-0.2, 0) is 0 Å². The van der Waals surface area contributed by atoms with Gasteiger partial charge in [0.25, 0.3) is 0 Å². The second kappa shape index (κ2) is 10.1. The minimum Gasteiger partial charge on any atom is -0.389 e. The van der Waals surface area contributed by atoms with Gasteiger partial charge in [-0.15, -0.1) is 0 Å². The molecule has 2 nitrogen and oxygen atoms in total. The number of hydrogen-bond acceptors (Lipinski definition) is 2. The van der Waals surface area contributed by atoms with Gasteiger partial charge < -0.3 is 10.4 Å². The van der Waals surface area contributed by atoms with Crippen LogP contribution in [0.25, 0.3) is 0 Å². The molecule has 0 aliphatic rings. The summed E-state index contributed by atoms with van der Waals surface area (Å²) >= 11 is 0. The first-order valence-corrected chi connectivity index (χ1v) is 6.99. The molecule has 0 rings (SSSR count). The molecule has 0 aromatic heterocycles. The van der Waals surface area contributed by atoms with Gasteiger partial charge in [0.05, 0.1) is 5.60 Å². The van der Waals surface area contributed by atoms with E-state index in [2.05, 4.69) is 12.2 Å². The zero-order valence-corrected chi connectivity index (χ0v) is 11.5. The molecule has 98 valence electrons. The Bertz CT molecular complexity index is 146. The van der Waals surface area contributed by atoms with Crippen molar-refractivity contribution in [2.24, 2.45) is 0 Å². The van der Waals surface area contributed by atoms with Crippen molar-refractivity contribution in [3.8, 4) is 0 Å². The van der Waals surface area contributed by atoms with Crippen molar-refractivity contribution in [1.82, 2.24) is 5.32 Å². The molecule has 16 heavy (non-hydrogen) atoms. The van der Waals surface area contributed by atoms with E-state index in [-0.39, 0.29) is 0 Å². The Morgan fingerprint density at radius 1 is 0.938 bits per heavy atom. The Balaban J connectivity index is 3.20. The van der Waals surface area contributed by atoms with E-state index >= 15 is 0 Å². The lowest BCUT2D eigenvalue weighted by Crippen LogP contribution is -2.35. The summed E-state index contributed by atoms with van der Waals surface area (Å²) in [5, 5.41) is 13.0. The third-order valence-corrected chi connectivity index (χ3v) is 3.13. The Morgan fingerprint density at radius 2 is 1.44 bits per heavy atom. The molecule has 0 saturated carbocycles. The first kappa shape index (κ1) is 15.9. The Kier molecular flexibility index (Phi) is 10.0. The minimum absolute atomic E-state index is 0.517. The molecular weight excluding hydrogens is 198 g/mol. The SMILES string of the molecule is CCCCCCCCCCC(C)(O)CNC. The van der Waals surface area contributed by atoms with E-state index < -0.39 is 5.60 Å². The molecule has 0 aliphatic carbocycles. The van der Waals surface area contributed by atoms with Crippen molar-refractivity contribution in [2.45, 2.75) is 77.2 Å². The molecule has 1 atom stereocenters.